The summed E-state index contributed by atoms with van der Waals surface area (Å²) >= 11 is 0. The summed E-state index contributed by atoms with van der Waals surface area (Å²) in [6.45, 7) is 5.05. The highest BCUT2D eigenvalue weighted by Crippen LogP contribution is 2.34. The van der Waals surface area contributed by atoms with Crippen molar-refractivity contribution >= 4 is 17.2 Å². The van der Waals surface area contributed by atoms with E-state index in [1.807, 2.05) is 23.7 Å². The van der Waals surface area contributed by atoms with Crippen LogP contribution in [0.25, 0.3) is 5.65 Å². The van der Waals surface area contributed by atoms with Crippen LogP contribution in [0.2, 0.25) is 0 Å². The predicted octanol–water partition coefficient (Wildman–Crippen LogP) is 2.83. The second-order valence-corrected chi connectivity index (χ2v) is 5.58. The van der Waals surface area contributed by atoms with Gasteiger partial charge in [0.05, 0.1) is 0 Å². The summed E-state index contributed by atoms with van der Waals surface area (Å²) in [5.74, 6) is 1.78. The second-order valence-electron chi connectivity index (χ2n) is 5.58. The Labute approximate surface area is 123 Å². The summed E-state index contributed by atoms with van der Waals surface area (Å²) < 4.78 is 1.99. The molecule has 1 aromatic carbocycles. The van der Waals surface area contributed by atoms with Gasteiger partial charge < -0.3 is 4.90 Å². The first kappa shape index (κ1) is 12.3. The molecule has 3 aromatic rings. The van der Waals surface area contributed by atoms with Gasteiger partial charge in [-0.05, 0) is 43.9 Å². The molecular formula is C16H17N5. The average molecular weight is 279 g/mol. The SMILES string of the molecule is Cc1ccc2c(c1)N(c1nccn3c(C)nnc13)CCC2. The molecule has 0 atom stereocenters. The third-order valence-electron chi connectivity index (χ3n) is 4.09. The fourth-order valence-electron chi connectivity index (χ4n) is 3.02. The number of aromatic nitrogens is 4. The van der Waals surface area contributed by atoms with Gasteiger partial charge >= 0.3 is 0 Å². The van der Waals surface area contributed by atoms with Crippen LogP contribution >= 0.6 is 0 Å². The minimum absolute atomic E-state index is 0.823. The van der Waals surface area contributed by atoms with Crippen molar-refractivity contribution in [2.24, 2.45) is 0 Å². The summed E-state index contributed by atoms with van der Waals surface area (Å²) in [6, 6.07) is 6.65. The van der Waals surface area contributed by atoms with Crippen LogP contribution < -0.4 is 4.90 Å². The van der Waals surface area contributed by atoms with Crippen molar-refractivity contribution in [3.63, 3.8) is 0 Å². The largest absolute Gasteiger partial charge is 0.323 e. The number of rotatable bonds is 1. The molecule has 3 heterocycles. The number of aryl methyl sites for hydroxylation is 3. The van der Waals surface area contributed by atoms with Gasteiger partial charge in [0.15, 0.2) is 5.82 Å². The zero-order valence-corrected chi connectivity index (χ0v) is 12.2. The highest BCUT2D eigenvalue weighted by Gasteiger charge is 2.22. The van der Waals surface area contributed by atoms with Crippen LogP contribution in [0.5, 0.6) is 0 Å². The molecule has 0 saturated carbocycles. The van der Waals surface area contributed by atoms with Gasteiger partial charge in [-0.25, -0.2) is 4.98 Å². The molecule has 0 unspecified atom stereocenters. The molecule has 0 radical (unpaired) electrons. The highest BCUT2D eigenvalue weighted by molar-refractivity contribution is 5.75. The lowest BCUT2D eigenvalue weighted by molar-refractivity contribution is 0.758. The Kier molecular flexibility index (Phi) is 2.67. The molecule has 0 amide bonds. The molecule has 21 heavy (non-hydrogen) atoms. The van der Waals surface area contributed by atoms with Crippen molar-refractivity contribution in [2.45, 2.75) is 26.7 Å². The molecule has 1 aliphatic rings. The molecule has 5 nitrogen and oxygen atoms in total. The van der Waals surface area contributed by atoms with Gasteiger partial charge in [0, 0.05) is 24.6 Å². The smallest absolute Gasteiger partial charge is 0.204 e. The maximum absolute atomic E-state index is 4.58. The van der Waals surface area contributed by atoms with Crippen LogP contribution in [0.4, 0.5) is 11.5 Å². The predicted molar refractivity (Wildman–Crippen MR) is 82.0 cm³/mol. The topological polar surface area (TPSA) is 46.3 Å². The van der Waals surface area contributed by atoms with Crippen LogP contribution in [0.15, 0.2) is 30.6 Å². The number of hydrogen-bond acceptors (Lipinski definition) is 4. The highest BCUT2D eigenvalue weighted by atomic mass is 15.3. The fraction of sp³-hybridized carbons (Fsp3) is 0.312. The third kappa shape index (κ3) is 1.88. The molecule has 0 spiro atoms. The standard InChI is InChI=1S/C16H17N5/c1-11-5-6-13-4-3-8-21(14(13)10-11)15-16-19-18-12(2)20(16)9-7-17-15/h5-7,9-10H,3-4,8H2,1-2H3. The first-order chi connectivity index (χ1) is 10.2. The molecule has 1 aliphatic heterocycles. The monoisotopic (exact) mass is 279 g/mol. The summed E-state index contributed by atoms with van der Waals surface area (Å²) in [6.07, 6.45) is 5.99. The quantitative estimate of drug-likeness (QED) is 0.687. The van der Waals surface area contributed by atoms with Crippen molar-refractivity contribution in [3.8, 4) is 0 Å². The summed E-state index contributed by atoms with van der Waals surface area (Å²) in [5, 5.41) is 8.47. The van der Waals surface area contributed by atoms with E-state index in [9.17, 15) is 0 Å². The molecule has 0 bridgehead atoms. The zero-order chi connectivity index (χ0) is 14.4. The van der Waals surface area contributed by atoms with Gasteiger partial charge in [0.2, 0.25) is 5.65 Å². The van der Waals surface area contributed by atoms with Crippen LogP contribution in [0, 0.1) is 13.8 Å². The van der Waals surface area contributed by atoms with E-state index in [2.05, 4.69) is 45.2 Å². The molecular weight excluding hydrogens is 262 g/mol. The van der Waals surface area contributed by atoms with Gasteiger partial charge in [-0.3, -0.25) is 4.40 Å². The van der Waals surface area contributed by atoms with E-state index in [-0.39, 0.29) is 0 Å². The molecule has 4 rings (SSSR count). The van der Waals surface area contributed by atoms with Crippen LogP contribution in [-0.2, 0) is 6.42 Å². The normalized spacial score (nSPS) is 14.5. The van der Waals surface area contributed by atoms with Crippen molar-refractivity contribution < 1.29 is 0 Å². The van der Waals surface area contributed by atoms with Gasteiger partial charge in [-0.1, -0.05) is 12.1 Å². The summed E-state index contributed by atoms with van der Waals surface area (Å²) in [7, 11) is 0. The Bertz CT molecular complexity index is 821. The van der Waals surface area contributed by atoms with E-state index in [1.165, 1.54) is 16.8 Å². The van der Waals surface area contributed by atoms with Gasteiger partial charge in [-0.15, -0.1) is 10.2 Å². The second kappa shape index (κ2) is 4.55. The Morgan fingerprint density at radius 2 is 2.05 bits per heavy atom. The van der Waals surface area contributed by atoms with E-state index in [1.54, 1.807) is 0 Å². The summed E-state index contributed by atoms with van der Waals surface area (Å²) in [5.41, 5.74) is 4.73. The first-order valence-electron chi connectivity index (χ1n) is 7.27. The maximum Gasteiger partial charge on any atom is 0.204 e. The number of nitrogens with zero attached hydrogens (tertiary/aromatic N) is 5. The van der Waals surface area contributed by atoms with Crippen molar-refractivity contribution in [3.05, 3.63) is 47.5 Å². The Hall–Kier alpha value is -2.43. The van der Waals surface area contributed by atoms with Crippen molar-refractivity contribution in [1.82, 2.24) is 19.6 Å². The maximum atomic E-state index is 4.58. The number of benzene rings is 1. The molecule has 0 saturated heterocycles. The minimum Gasteiger partial charge on any atom is -0.323 e. The molecule has 2 aromatic heterocycles. The first-order valence-corrected chi connectivity index (χ1v) is 7.27. The lowest BCUT2D eigenvalue weighted by Gasteiger charge is -2.30. The Balaban J connectivity index is 1.93. The van der Waals surface area contributed by atoms with Gasteiger partial charge in [-0.2, -0.15) is 0 Å². The van der Waals surface area contributed by atoms with Crippen LogP contribution in [-0.4, -0.2) is 26.1 Å². The van der Waals surface area contributed by atoms with E-state index in [4.69, 9.17) is 0 Å². The van der Waals surface area contributed by atoms with E-state index in [0.717, 1.165) is 36.7 Å². The molecule has 5 heteroatoms. The number of anilines is 2. The molecule has 0 N–H and O–H groups in total. The molecule has 0 aliphatic carbocycles. The van der Waals surface area contributed by atoms with E-state index >= 15 is 0 Å². The van der Waals surface area contributed by atoms with Crippen molar-refractivity contribution in [1.29, 1.82) is 0 Å². The minimum atomic E-state index is 0.823. The third-order valence-corrected chi connectivity index (χ3v) is 4.09. The molecule has 0 fully saturated rings. The van der Waals surface area contributed by atoms with Crippen LogP contribution in [0.1, 0.15) is 23.4 Å². The van der Waals surface area contributed by atoms with E-state index < -0.39 is 0 Å². The number of hydrogen-bond donors (Lipinski definition) is 0. The fourth-order valence-corrected chi connectivity index (χ4v) is 3.02. The zero-order valence-electron chi connectivity index (χ0n) is 12.2. The average Bonchev–Trinajstić information content (AvgIpc) is 2.88. The Morgan fingerprint density at radius 3 is 2.95 bits per heavy atom. The Morgan fingerprint density at radius 1 is 1.14 bits per heavy atom. The summed E-state index contributed by atoms with van der Waals surface area (Å²) in [4.78, 5) is 6.85. The number of fused-ring (bicyclic) bond motifs is 2. The molecule has 106 valence electrons. The van der Waals surface area contributed by atoms with Gasteiger partial charge in [0.25, 0.3) is 0 Å². The van der Waals surface area contributed by atoms with Crippen molar-refractivity contribution in [2.75, 3.05) is 11.4 Å². The van der Waals surface area contributed by atoms with E-state index in [0.29, 0.717) is 0 Å². The van der Waals surface area contributed by atoms with Crippen LogP contribution in [0.3, 0.4) is 0 Å². The lowest BCUT2D eigenvalue weighted by Crippen LogP contribution is -2.26. The van der Waals surface area contributed by atoms with Gasteiger partial charge in [0.1, 0.15) is 5.82 Å². The lowest BCUT2D eigenvalue weighted by atomic mass is 10.00.